The van der Waals surface area contributed by atoms with Gasteiger partial charge in [0.1, 0.15) is 0 Å². The number of hydrogen-bond donors (Lipinski definition) is 1. The molecule has 12 heavy (non-hydrogen) atoms. The molecule has 0 spiro atoms. The molecule has 0 amide bonds. The standard InChI is InChI=1S/C9H12BrNS/c10-7-4-8(12-5-7)9(11)6-2-1-3-6/h4-6,9H,1-3,11H2/t9-/m1/s1. The van der Waals surface area contributed by atoms with Gasteiger partial charge in [-0.3, -0.25) is 0 Å². The average molecular weight is 246 g/mol. The molecule has 66 valence electrons. The first-order chi connectivity index (χ1) is 5.77. The van der Waals surface area contributed by atoms with Crippen LogP contribution < -0.4 is 5.73 Å². The molecule has 1 aromatic rings. The van der Waals surface area contributed by atoms with Crippen molar-refractivity contribution in [3.63, 3.8) is 0 Å². The Kier molecular flexibility index (Phi) is 2.53. The Morgan fingerprint density at radius 2 is 2.33 bits per heavy atom. The third kappa shape index (κ3) is 1.58. The molecule has 1 aromatic heterocycles. The van der Waals surface area contributed by atoms with Gasteiger partial charge >= 0.3 is 0 Å². The third-order valence-electron chi connectivity index (χ3n) is 2.57. The van der Waals surface area contributed by atoms with Crippen molar-refractivity contribution in [1.82, 2.24) is 0 Å². The number of rotatable bonds is 2. The zero-order chi connectivity index (χ0) is 8.55. The highest BCUT2D eigenvalue weighted by atomic mass is 79.9. The van der Waals surface area contributed by atoms with E-state index in [0.717, 1.165) is 10.4 Å². The zero-order valence-electron chi connectivity index (χ0n) is 6.79. The summed E-state index contributed by atoms with van der Waals surface area (Å²) in [5.41, 5.74) is 6.10. The van der Waals surface area contributed by atoms with Gasteiger partial charge in [0.05, 0.1) is 0 Å². The van der Waals surface area contributed by atoms with Crippen LogP contribution in [0.15, 0.2) is 15.9 Å². The molecular formula is C9H12BrNS. The summed E-state index contributed by atoms with van der Waals surface area (Å²) in [5, 5.41) is 2.11. The molecular weight excluding hydrogens is 234 g/mol. The largest absolute Gasteiger partial charge is 0.323 e. The Balaban J connectivity index is 2.08. The lowest BCUT2D eigenvalue weighted by atomic mass is 9.79. The molecule has 1 nitrogen and oxygen atoms in total. The molecule has 0 aromatic carbocycles. The fourth-order valence-electron chi connectivity index (χ4n) is 1.53. The Morgan fingerprint density at radius 3 is 2.75 bits per heavy atom. The van der Waals surface area contributed by atoms with Gasteiger partial charge in [-0.1, -0.05) is 6.42 Å². The molecule has 1 fully saturated rings. The van der Waals surface area contributed by atoms with Crippen LogP contribution in [0.4, 0.5) is 0 Å². The van der Waals surface area contributed by atoms with Crippen molar-refractivity contribution in [2.45, 2.75) is 25.3 Å². The first-order valence-electron chi connectivity index (χ1n) is 4.27. The minimum absolute atomic E-state index is 0.287. The highest BCUT2D eigenvalue weighted by molar-refractivity contribution is 9.10. The lowest BCUT2D eigenvalue weighted by Crippen LogP contribution is -2.25. The van der Waals surface area contributed by atoms with Gasteiger partial charge in [0.2, 0.25) is 0 Å². The maximum Gasteiger partial charge on any atom is 0.0418 e. The van der Waals surface area contributed by atoms with Crippen LogP contribution in [0.5, 0.6) is 0 Å². The van der Waals surface area contributed by atoms with Crippen LogP contribution in [0.25, 0.3) is 0 Å². The van der Waals surface area contributed by atoms with E-state index in [-0.39, 0.29) is 6.04 Å². The van der Waals surface area contributed by atoms with Crippen molar-refractivity contribution >= 4 is 27.3 Å². The van der Waals surface area contributed by atoms with Crippen LogP contribution >= 0.6 is 27.3 Å². The fraction of sp³-hybridized carbons (Fsp3) is 0.556. The first kappa shape index (κ1) is 8.73. The normalized spacial score (nSPS) is 20.5. The summed E-state index contributed by atoms with van der Waals surface area (Å²) >= 11 is 5.21. The lowest BCUT2D eigenvalue weighted by molar-refractivity contribution is 0.267. The van der Waals surface area contributed by atoms with E-state index in [1.54, 1.807) is 11.3 Å². The molecule has 1 aliphatic carbocycles. The predicted octanol–water partition coefficient (Wildman–Crippen LogP) is 3.31. The maximum absolute atomic E-state index is 6.10. The molecule has 0 aliphatic heterocycles. The van der Waals surface area contributed by atoms with Crippen molar-refractivity contribution in [3.8, 4) is 0 Å². The molecule has 2 rings (SSSR count). The van der Waals surface area contributed by atoms with Gasteiger partial charge in [-0.05, 0) is 40.8 Å². The van der Waals surface area contributed by atoms with Gasteiger partial charge in [-0.25, -0.2) is 0 Å². The summed E-state index contributed by atoms with van der Waals surface area (Å²) in [5.74, 6) is 0.746. The smallest absolute Gasteiger partial charge is 0.0418 e. The van der Waals surface area contributed by atoms with E-state index in [1.807, 2.05) is 0 Å². The van der Waals surface area contributed by atoms with Crippen molar-refractivity contribution in [1.29, 1.82) is 0 Å². The zero-order valence-corrected chi connectivity index (χ0v) is 9.20. The molecule has 0 bridgehead atoms. The van der Waals surface area contributed by atoms with E-state index in [0.29, 0.717) is 0 Å². The number of thiophene rings is 1. The molecule has 0 radical (unpaired) electrons. The summed E-state index contributed by atoms with van der Waals surface area (Å²) in [6.07, 6.45) is 4.00. The molecule has 1 heterocycles. The maximum atomic E-state index is 6.10. The molecule has 1 atom stereocenters. The second kappa shape index (κ2) is 3.48. The van der Waals surface area contributed by atoms with E-state index in [2.05, 4.69) is 27.4 Å². The summed E-state index contributed by atoms with van der Waals surface area (Å²) in [6.45, 7) is 0. The van der Waals surface area contributed by atoms with Gasteiger partial charge in [0, 0.05) is 20.8 Å². The molecule has 2 N–H and O–H groups in total. The van der Waals surface area contributed by atoms with E-state index in [1.165, 1.54) is 24.1 Å². The van der Waals surface area contributed by atoms with E-state index in [4.69, 9.17) is 5.73 Å². The minimum atomic E-state index is 0.287. The quantitative estimate of drug-likeness (QED) is 0.851. The molecule has 0 unspecified atom stereocenters. The first-order valence-corrected chi connectivity index (χ1v) is 5.94. The molecule has 1 aliphatic rings. The predicted molar refractivity (Wildman–Crippen MR) is 56.3 cm³/mol. The number of halogens is 1. The van der Waals surface area contributed by atoms with Crippen molar-refractivity contribution < 1.29 is 0 Å². The Morgan fingerprint density at radius 1 is 1.58 bits per heavy atom. The fourth-order valence-corrected chi connectivity index (χ4v) is 3.07. The minimum Gasteiger partial charge on any atom is -0.323 e. The SMILES string of the molecule is N[C@@H](c1cc(Br)cs1)C1CCC1. The van der Waals surface area contributed by atoms with Crippen LogP contribution in [-0.2, 0) is 0 Å². The second-order valence-electron chi connectivity index (χ2n) is 3.38. The van der Waals surface area contributed by atoms with Crippen LogP contribution in [0.3, 0.4) is 0 Å². The van der Waals surface area contributed by atoms with Crippen LogP contribution in [0.1, 0.15) is 30.2 Å². The molecule has 3 heteroatoms. The van der Waals surface area contributed by atoms with Crippen molar-refractivity contribution in [3.05, 3.63) is 20.8 Å². The monoisotopic (exact) mass is 245 g/mol. The highest BCUT2D eigenvalue weighted by Crippen LogP contribution is 2.38. The average Bonchev–Trinajstić information content (AvgIpc) is 2.31. The van der Waals surface area contributed by atoms with Gasteiger partial charge in [-0.15, -0.1) is 11.3 Å². The van der Waals surface area contributed by atoms with Gasteiger partial charge in [0.25, 0.3) is 0 Å². The summed E-state index contributed by atoms with van der Waals surface area (Å²) in [4.78, 5) is 1.33. The van der Waals surface area contributed by atoms with Gasteiger partial charge in [0.15, 0.2) is 0 Å². The van der Waals surface area contributed by atoms with Crippen molar-refractivity contribution in [2.24, 2.45) is 11.7 Å². The summed E-state index contributed by atoms with van der Waals surface area (Å²) in [7, 11) is 0. The Labute approximate surface area is 85.1 Å². The second-order valence-corrected chi connectivity index (χ2v) is 5.24. The van der Waals surface area contributed by atoms with Gasteiger partial charge in [-0.2, -0.15) is 0 Å². The van der Waals surface area contributed by atoms with Crippen LogP contribution in [-0.4, -0.2) is 0 Å². The summed E-state index contributed by atoms with van der Waals surface area (Å²) < 4.78 is 1.16. The highest BCUT2D eigenvalue weighted by Gasteiger charge is 2.26. The molecule has 1 saturated carbocycles. The van der Waals surface area contributed by atoms with Crippen molar-refractivity contribution in [2.75, 3.05) is 0 Å². The van der Waals surface area contributed by atoms with E-state index in [9.17, 15) is 0 Å². The topological polar surface area (TPSA) is 26.0 Å². The summed E-state index contributed by atoms with van der Waals surface area (Å²) in [6, 6.07) is 2.43. The van der Waals surface area contributed by atoms with Crippen LogP contribution in [0, 0.1) is 5.92 Å². The van der Waals surface area contributed by atoms with E-state index >= 15 is 0 Å². The lowest BCUT2D eigenvalue weighted by Gasteiger charge is -2.30. The number of nitrogens with two attached hydrogens (primary N) is 1. The molecule has 0 saturated heterocycles. The van der Waals surface area contributed by atoms with Crippen LogP contribution in [0.2, 0.25) is 0 Å². The Bertz CT molecular complexity index is 267. The Hall–Kier alpha value is 0.140. The number of hydrogen-bond acceptors (Lipinski definition) is 2. The van der Waals surface area contributed by atoms with E-state index < -0.39 is 0 Å². The third-order valence-corrected chi connectivity index (χ3v) is 4.37. The van der Waals surface area contributed by atoms with Gasteiger partial charge < -0.3 is 5.73 Å².